The van der Waals surface area contributed by atoms with Crippen molar-refractivity contribution >= 4 is 41.7 Å². The normalized spacial score (nSPS) is 10.9. The van der Waals surface area contributed by atoms with Crippen molar-refractivity contribution in [2.45, 2.75) is 26.8 Å². The summed E-state index contributed by atoms with van der Waals surface area (Å²) < 4.78 is 2.09. The fourth-order valence-corrected chi connectivity index (χ4v) is 2.46. The van der Waals surface area contributed by atoms with Crippen molar-refractivity contribution in [2.24, 2.45) is 12.0 Å². The van der Waals surface area contributed by atoms with Crippen LogP contribution in [0.4, 0.5) is 5.82 Å². The van der Waals surface area contributed by atoms with E-state index < -0.39 is 0 Å². The number of aryl methyl sites for hydroxylation is 2. The fourth-order valence-electron chi connectivity index (χ4n) is 2.46. The molecule has 2 heterocycles. The van der Waals surface area contributed by atoms with E-state index in [1.807, 2.05) is 46.3 Å². The van der Waals surface area contributed by atoms with Gasteiger partial charge in [0.15, 0.2) is 5.96 Å². The first kappa shape index (κ1) is 22.9. The zero-order chi connectivity index (χ0) is 18.9. The van der Waals surface area contributed by atoms with E-state index in [1.165, 1.54) is 5.69 Å². The third-order valence-electron chi connectivity index (χ3n) is 3.93. The summed E-state index contributed by atoms with van der Waals surface area (Å²) in [5.41, 5.74) is 2.26. The van der Waals surface area contributed by atoms with Crippen molar-refractivity contribution in [3.63, 3.8) is 0 Å². The summed E-state index contributed by atoms with van der Waals surface area (Å²) in [7, 11) is 4.02. The Balaban J connectivity index is 0.00000364. The molecule has 148 valence electrons. The highest BCUT2D eigenvalue weighted by Crippen LogP contribution is 2.05. The maximum atomic E-state index is 12.0. The fraction of sp³-hybridized carbons (Fsp3) is 0.421. The van der Waals surface area contributed by atoms with E-state index in [4.69, 9.17) is 0 Å². The van der Waals surface area contributed by atoms with Crippen LogP contribution in [0.2, 0.25) is 0 Å². The first-order valence-electron chi connectivity index (χ1n) is 8.81. The van der Waals surface area contributed by atoms with E-state index in [0.717, 1.165) is 24.6 Å². The Kier molecular flexibility index (Phi) is 9.84. The molecule has 0 aromatic carbocycles. The van der Waals surface area contributed by atoms with Crippen molar-refractivity contribution in [2.75, 3.05) is 25.5 Å². The van der Waals surface area contributed by atoms with Gasteiger partial charge in [-0.2, -0.15) is 0 Å². The molecule has 0 saturated heterocycles. The molecular formula is C19H29IN6O. The summed E-state index contributed by atoms with van der Waals surface area (Å²) in [5, 5.41) is 6.06. The number of aromatic nitrogens is 2. The van der Waals surface area contributed by atoms with Crippen LogP contribution in [-0.2, 0) is 18.4 Å². The zero-order valence-electron chi connectivity index (χ0n) is 16.4. The molecule has 0 atom stereocenters. The minimum Gasteiger partial charge on any atom is -0.357 e. The molecule has 0 saturated carbocycles. The molecule has 2 aromatic heterocycles. The van der Waals surface area contributed by atoms with Gasteiger partial charge in [-0.1, -0.05) is 6.07 Å². The van der Waals surface area contributed by atoms with Crippen LogP contribution < -0.4 is 10.6 Å². The molecular weight excluding hydrogens is 455 g/mol. The van der Waals surface area contributed by atoms with E-state index in [1.54, 1.807) is 12.3 Å². The Bertz CT molecular complexity index is 741. The van der Waals surface area contributed by atoms with Crippen LogP contribution >= 0.6 is 24.0 Å². The summed E-state index contributed by atoms with van der Waals surface area (Å²) in [6.45, 7) is 5.92. The number of carbonyl (C=O) groups is 1. The topological polar surface area (TPSA) is 74.5 Å². The number of hydrogen-bond acceptors (Lipinski definition) is 3. The Hall–Kier alpha value is -2.10. The van der Waals surface area contributed by atoms with Crippen LogP contribution in [0.5, 0.6) is 0 Å². The first-order valence-corrected chi connectivity index (χ1v) is 8.81. The van der Waals surface area contributed by atoms with E-state index in [0.29, 0.717) is 18.8 Å². The Morgan fingerprint density at radius 2 is 2.11 bits per heavy atom. The quantitative estimate of drug-likeness (QED) is 0.360. The number of halogens is 1. The molecule has 2 N–H and O–H groups in total. The maximum absolute atomic E-state index is 12.0. The minimum absolute atomic E-state index is 0. The number of aliphatic imine (C=N–C) groups is 1. The van der Waals surface area contributed by atoms with Gasteiger partial charge in [0.2, 0.25) is 5.91 Å². The molecule has 0 spiro atoms. The summed E-state index contributed by atoms with van der Waals surface area (Å²) in [6.07, 6.45) is 4.06. The van der Waals surface area contributed by atoms with Gasteiger partial charge in [-0.05, 0) is 37.6 Å². The molecule has 27 heavy (non-hydrogen) atoms. The van der Waals surface area contributed by atoms with Crippen LogP contribution in [0.15, 0.2) is 41.7 Å². The number of nitrogens with zero attached hydrogens (tertiary/aromatic N) is 4. The molecule has 1 amide bonds. The van der Waals surface area contributed by atoms with Crippen molar-refractivity contribution < 1.29 is 4.79 Å². The first-order chi connectivity index (χ1) is 12.5. The maximum Gasteiger partial charge on any atom is 0.227 e. The van der Waals surface area contributed by atoms with Gasteiger partial charge in [-0.25, -0.2) is 4.98 Å². The molecule has 0 fully saturated rings. The van der Waals surface area contributed by atoms with Crippen molar-refractivity contribution in [3.05, 3.63) is 47.9 Å². The number of nitrogens with one attached hydrogen (secondary N) is 2. The smallest absolute Gasteiger partial charge is 0.227 e. The summed E-state index contributed by atoms with van der Waals surface area (Å²) in [4.78, 5) is 22.8. The largest absolute Gasteiger partial charge is 0.357 e. The molecule has 0 aliphatic carbocycles. The number of amides is 1. The van der Waals surface area contributed by atoms with Crippen molar-refractivity contribution in [1.82, 2.24) is 19.8 Å². The van der Waals surface area contributed by atoms with E-state index in [9.17, 15) is 4.79 Å². The molecule has 0 unspecified atom stereocenters. The monoisotopic (exact) mass is 484 g/mol. The molecule has 0 aliphatic rings. The SMILES string of the molecule is CCNC(=NCCC(=O)Nc1ccc(C)cn1)N(C)Cc1cccn1C.I. The number of rotatable bonds is 7. The summed E-state index contributed by atoms with van der Waals surface area (Å²) in [6, 6.07) is 7.83. The molecule has 2 rings (SSSR count). The van der Waals surface area contributed by atoms with Crippen LogP contribution in [0.3, 0.4) is 0 Å². The van der Waals surface area contributed by atoms with E-state index in [2.05, 4.69) is 36.1 Å². The Morgan fingerprint density at radius 3 is 2.70 bits per heavy atom. The zero-order valence-corrected chi connectivity index (χ0v) is 18.7. The predicted molar refractivity (Wildman–Crippen MR) is 120 cm³/mol. The van der Waals surface area contributed by atoms with Gasteiger partial charge in [0, 0.05) is 45.1 Å². The van der Waals surface area contributed by atoms with Gasteiger partial charge in [-0.15, -0.1) is 24.0 Å². The van der Waals surface area contributed by atoms with Crippen LogP contribution in [0, 0.1) is 6.92 Å². The average Bonchev–Trinajstić information content (AvgIpc) is 3.01. The highest BCUT2D eigenvalue weighted by molar-refractivity contribution is 14.0. The minimum atomic E-state index is -0.0916. The van der Waals surface area contributed by atoms with Crippen molar-refractivity contribution in [3.8, 4) is 0 Å². The second-order valence-electron chi connectivity index (χ2n) is 6.22. The third-order valence-corrected chi connectivity index (χ3v) is 3.93. The number of pyridine rings is 1. The highest BCUT2D eigenvalue weighted by Gasteiger charge is 2.09. The molecule has 0 radical (unpaired) electrons. The Labute approximate surface area is 178 Å². The second-order valence-corrected chi connectivity index (χ2v) is 6.22. The second kappa shape index (κ2) is 11.6. The predicted octanol–water partition coefficient (Wildman–Crippen LogP) is 2.77. The summed E-state index contributed by atoms with van der Waals surface area (Å²) >= 11 is 0. The van der Waals surface area contributed by atoms with Crippen LogP contribution in [-0.4, -0.2) is 46.5 Å². The van der Waals surface area contributed by atoms with Gasteiger partial charge >= 0.3 is 0 Å². The molecule has 0 bridgehead atoms. The van der Waals surface area contributed by atoms with E-state index >= 15 is 0 Å². The lowest BCUT2D eigenvalue weighted by atomic mass is 10.3. The molecule has 0 aliphatic heterocycles. The lowest BCUT2D eigenvalue weighted by Gasteiger charge is -2.22. The summed E-state index contributed by atoms with van der Waals surface area (Å²) in [5.74, 6) is 1.26. The van der Waals surface area contributed by atoms with Gasteiger partial charge in [-0.3, -0.25) is 9.79 Å². The van der Waals surface area contributed by atoms with Gasteiger partial charge in [0.05, 0.1) is 13.1 Å². The highest BCUT2D eigenvalue weighted by atomic mass is 127. The van der Waals surface area contributed by atoms with Crippen molar-refractivity contribution in [1.29, 1.82) is 0 Å². The standard InChI is InChI=1S/C19H28N6O.HI/c1-5-20-19(25(4)14-16-7-6-12-24(16)3)21-11-10-18(26)23-17-9-8-15(2)13-22-17;/h6-9,12-13H,5,10-11,14H2,1-4H3,(H,20,21)(H,22,23,26);1H. The molecule has 7 nitrogen and oxygen atoms in total. The van der Waals surface area contributed by atoms with Crippen LogP contribution in [0.1, 0.15) is 24.6 Å². The third kappa shape index (κ3) is 7.58. The molecule has 2 aromatic rings. The van der Waals surface area contributed by atoms with Gasteiger partial charge < -0.3 is 20.1 Å². The lowest BCUT2D eigenvalue weighted by molar-refractivity contribution is -0.116. The van der Waals surface area contributed by atoms with E-state index in [-0.39, 0.29) is 29.9 Å². The van der Waals surface area contributed by atoms with Gasteiger partial charge in [0.25, 0.3) is 0 Å². The Morgan fingerprint density at radius 1 is 1.33 bits per heavy atom. The number of guanidine groups is 1. The lowest BCUT2D eigenvalue weighted by Crippen LogP contribution is -2.39. The van der Waals surface area contributed by atoms with Crippen LogP contribution in [0.25, 0.3) is 0 Å². The number of carbonyl (C=O) groups excluding carboxylic acids is 1. The average molecular weight is 484 g/mol. The number of hydrogen-bond donors (Lipinski definition) is 2. The molecule has 8 heteroatoms. The van der Waals surface area contributed by atoms with Gasteiger partial charge in [0.1, 0.15) is 5.82 Å². The number of anilines is 1.